The lowest BCUT2D eigenvalue weighted by Crippen LogP contribution is -2.21. The van der Waals surface area contributed by atoms with Gasteiger partial charge in [-0.25, -0.2) is 9.97 Å². The molecule has 0 spiro atoms. The predicted octanol–water partition coefficient (Wildman–Crippen LogP) is 4.73. The summed E-state index contributed by atoms with van der Waals surface area (Å²) in [5, 5.41) is 4.89. The van der Waals surface area contributed by atoms with Gasteiger partial charge in [-0.2, -0.15) is 18.2 Å². The maximum Gasteiger partial charge on any atom is 0.434 e. The zero-order chi connectivity index (χ0) is 22.8. The Bertz CT molecular complexity index is 1080. The van der Waals surface area contributed by atoms with E-state index in [-0.39, 0.29) is 11.1 Å². The van der Waals surface area contributed by atoms with Crippen LogP contribution in [0.15, 0.2) is 36.7 Å². The molecule has 3 rings (SSSR count). The Balaban J connectivity index is 1.74. The summed E-state index contributed by atoms with van der Waals surface area (Å²) in [7, 11) is 1.50. The number of carbonyl (C=O) groups excluding carboxylic acids is 1. The van der Waals surface area contributed by atoms with Crippen LogP contribution in [0.3, 0.4) is 0 Å². The lowest BCUT2D eigenvalue weighted by molar-refractivity contribution is -0.140. The van der Waals surface area contributed by atoms with Gasteiger partial charge in [0.1, 0.15) is 16.9 Å². The molecule has 1 aromatic carbocycles. The van der Waals surface area contributed by atoms with Gasteiger partial charge < -0.3 is 15.2 Å². The van der Waals surface area contributed by atoms with Gasteiger partial charge in [0.15, 0.2) is 11.5 Å². The van der Waals surface area contributed by atoms with Crippen LogP contribution >= 0.6 is 23.2 Å². The molecule has 1 unspecified atom stereocenters. The molecule has 0 bridgehead atoms. The van der Waals surface area contributed by atoms with Gasteiger partial charge in [0.2, 0.25) is 11.2 Å². The number of aromatic nitrogens is 4. The summed E-state index contributed by atoms with van der Waals surface area (Å²) in [6, 6.07) is 6.83. The minimum absolute atomic E-state index is 0.00924. The van der Waals surface area contributed by atoms with Crippen molar-refractivity contribution in [3.63, 3.8) is 0 Å². The second kappa shape index (κ2) is 9.11. The van der Waals surface area contributed by atoms with Crippen molar-refractivity contribution in [2.75, 3.05) is 10.6 Å². The highest BCUT2D eigenvalue weighted by Crippen LogP contribution is 2.30. The van der Waals surface area contributed by atoms with Crippen LogP contribution in [-0.4, -0.2) is 30.8 Å². The summed E-state index contributed by atoms with van der Waals surface area (Å²) in [6.45, 7) is 1.84. The number of carbonyl (C=O) groups is 1. The van der Waals surface area contributed by atoms with E-state index in [4.69, 9.17) is 23.2 Å². The standard InChI is InChI=1S/C19H17Cl2F3N6O/c1-10(20)17(31)27-13-8-26-18(21)29-15(13)25-7-11-3-5-12(6-4-11)16-28-14(9-30(16)2)19(22,23)24/h3-6,8-10H,7H2,1-2H3,(H,27,31)(H,25,26,29). The number of hydrogen-bond donors (Lipinski definition) is 2. The minimum atomic E-state index is -4.51. The van der Waals surface area contributed by atoms with Crippen molar-refractivity contribution in [3.8, 4) is 11.4 Å². The first-order chi connectivity index (χ1) is 14.5. The van der Waals surface area contributed by atoms with E-state index in [0.717, 1.165) is 11.8 Å². The molecule has 0 saturated carbocycles. The molecule has 0 saturated heterocycles. The molecule has 3 aromatic rings. The second-order valence-electron chi connectivity index (χ2n) is 6.62. The highest BCUT2D eigenvalue weighted by atomic mass is 35.5. The number of halogens is 5. The first-order valence-corrected chi connectivity index (χ1v) is 9.77. The van der Waals surface area contributed by atoms with Crippen molar-refractivity contribution >= 4 is 40.6 Å². The summed E-state index contributed by atoms with van der Waals surface area (Å²) in [6.07, 6.45) is -2.20. The van der Waals surface area contributed by atoms with Crippen molar-refractivity contribution in [2.45, 2.75) is 25.0 Å². The molecule has 2 heterocycles. The first kappa shape index (κ1) is 22.8. The van der Waals surface area contributed by atoms with Crippen molar-refractivity contribution < 1.29 is 18.0 Å². The van der Waals surface area contributed by atoms with Crippen LogP contribution in [0.4, 0.5) is 24.7 Å². The lowest BCUT2D eigenvalue weighted by Gasteiger charge is -2.13. The molecule has 164 valence electrons. The summed E-state index contributed by atoms with van der Waals surface area (Å²) in [4.78, 5) is 23.4. The van der Waals surface area contributed by atoms with E-state index in [9.17, 15) is 18.0 Å². The van der Waals surface area contributed by atoms with Crippen molar-refractivity contribution in [1.29, 1.82) is 0 Å². The third kappa shape index (κ3) is 5.65. The molecule has 0 aliphatic rings. The van der Waals surface area contributed by atoms with Gasteiger partial charge >= 0.3 is 6.18 Å². The van der Waals surface area contributed by atoms with Crippen molar-refractivity contribution in [3.05, 3.63) is 53.2 Å². The number of hydrogen-bond acceptors (Lipinski definition) is 5. The molecule has 2 aromatic heterocycles. The Morgan fingerprint density at radius 3 is 2.48 bits per heavy atom. The summed E-state index contributed by atoms with van der Waals surface area (Å²) in [5.41, 5.74) is 0.714. The molecule has 1 atom stereocenters. The second-order valence-corrected chi connectivity index (χ2v) is 7.61. The largest absolute Gasteiger partial charge is 0.434 e. The van der Waals surface area contributed by atoms with Crippen molar-refractivity contribution in [1.82, 2.24) is 19.5 Å². The Kier molecular flexibility index (Phi) is 6.71. The van der Waals surface area contributed by atoms with E-state index in [0.29, 0.717) is 23.6 Å². The fourth-order valence-corrected chi connectivity index (χ4v) is 2.84. The average molecular weight is 473 g/mol. The SMILES string of the molecule is CC(Cl)C(=O)Nc1cnc(Cl)nc1NCc1ccc(-c2nc(C(F)(F)F)cn2C)cc1. The molecule has 2 N–H and O–H groups in total. The fraction of sp³-hybridized carbons (Fsp3) is 0.263. The first-order valence-electron chi connectivity index (χ1n) is 8.96. The number of rotatable bonds is 6. The zero-order valence-corrected chi connectivity index (χ0v) is 17.8. The number of nitrogens with zero attached hydrogens (tertiary/aromatic N) is 4. The van der Waals surface area contributed by atoms with E-state index in [2.05, 4.69) is 25.6 Å². The van der Waals surface area contributed by atoms with Crippen LogP contribution in [0.25, 0.3) is 11.4 Å². The highest BCUT2D eigenvalue weighted by Gasteiger charge is 2.34. The molecular weight excluding hydrogens is 456 g/mol. The molecule has 0 aliphatic heterocycles. The highest BCUT2D eigenvalue weighted by molar-refractivity contribution is 6.32. The van der Waals surface area contributed by atoms with E-state index in [1.807, 2.05) is 0 Å². The number of benzene rings is 1. The van der Waals surface area contributed by atoms with Gasteiger partial charge in [0.25, 0.3) is 0 Å². The number of alkyl halides is 4. The van der Waals surface area contributed by atoms with E-state index in [1.165, 1.54) is 24.7 Å². The average Bonchev–Trinajstić information content (AvgIpc) is 3.10. The summed E-state index contributed by atoms with van der Waals surface area (Å²) in [5.74, 6) is 0.0801. The molecule has 12 heteroatoms. The molecule has 31 heavy (non-hydrogen) atoms. The smallest absolute Gasteiger partial charge is 0.364 e. The quantitative estimate of drug-likeness (QED) is 0.400. The summed E-state index contributed by atoms with van der Waals surface area (Å²) < 4.78 is 39.9. The Morgan fingerprint density at radius 2 is 1.90 bits per heavy atom. The van der Waals surface area contributed by atoms with Gasteiger partial charge in [-0.1, -0.05) is 24.3 Å². The van der Waals surface area contributed by atoms with Gasteiger partial charge in [-0.3, -0.25) is 4.79 Å². The maximum absolute atomic E-state index is 12.9. The van der Waals surface area contributed by atoms with Crippen LogP contribution in [0.5, 0.6) is 0 Å². The van der Waals surface area contributed by atoms with Crippen molar-refractivity contribution in [2.24, 2.45) is 7.05 Å². The van der Waals surface area contributed by atoms with Crippen LogP contribution in [0.1, 0.15) is 18.2 Å². The summed E-state index contributed by atoms with van der Waals surface area (Å²) >= 11 is 11.6. The van der Waals surface area contributed by atoms with E-state index < -0.39 is 23.2 Å². The van der Waals surface area contributed by atoms with Gasteiger partial charge in [0.05, 0.1) is 6.20 Å². The minimum Gasteiger partial charge on any atom is -0.364 e. The normalized spacial score (nSPS) is 12.5. The third-order valence-corrected chi connectivity index (χ3v) is 4.60. The molecule has 0 aliphatic carbocycles. The number of amides is 1. The number of anilines is 2. The van der Waals surface area contributed by atoms with Crippen LogP contribution in [0, 0.1) is 0 Å². The lowest BCUT2D eigenvalue weighted by atomic mass is 10.1. The Morgan fingerprint density at radius 1 is 1.23 bits per heavy atom. The predicted molar refractivity (Wildman–Crippen MR) is 112 cm³/mol. The third-order valence-electron chi connectivity index (χ3n) is 4.22. The number of imidazole rings is 1. The zero-order valence-electron chi connectivity index (χ0n) is 16.3. The Hall–Kier alpha value is -2.85. The van der Waals surface area contributed by atoms with Crippen LogP contribution in [-0.2, 0) is 24.6 Å². The van der Waals surface area contributed by atoms with Gasteiger partial charge in [0, 0.05) is 25.4 Å². The van der Waals surface area contributed by atoms with E-state index >= 15 is 0 Å². The maximum atomic E-state index is 12.9. The molecule has 7 nitrogen and oxygen atoms in total. The molecule has 0 fully saturated rings. The Labute approximate surface area is 185 Å². The fourth-order valence-electron chi connectivity index (χ4n) is 2.65. The monoisotopic (exact) mass is 472 g/mol. The number of aryl methyl sites for hydroxylation is 1. The molecule has 0 radical (unpaired) electrons. The number of nitrogens with one attached hydrogen (secondary N) is 2. The van der Waals surface area contributed by atoms with Gasteiger partial charge in [-0.05, 0) is 24.1 Å². The molecule has 1 amide bonds. The topological polar surface area (TPSA) is 84.7 Å². The van der Waals surface area contributed by atoms with E-state index in [1.54, 1.807) is 24.3 Å². The van der Waals surface area contributed by atoms with Crippen LogP contribution < -0.4 is 10.6 Å². The van der Waals surface area contributed by atoms with Crippen LogP contribution in [0.2, 0.25) is 5.28 Å². The molecular formula is C19H17Cl2F3N6O. The van der Waals surface area contributed by atoms with Gasteiger partial charge in [-0.15, -0.1) is 11.6 Å².